The van der Waals surface area contributed by atoms with E-state index in [0.29, 0.717) is 72.8 Å². The first kappa shape index (κ1) is 40.1. The molecule has 0 fully saturated rings. The highest BCUT2D eigenvalue weighted by Gasteiger charge is 2.72. The molecule has 0 saturated carbocycles. The van der Waals surface area contributed by atoms with E-state index >= 15 is 13.2 Å². The molecule has 0 aliphatic carbocycles. The van der Waals surface area contributed by atoms with Crippen molar-refractivity contribution in [2.45, 2.75) is 30.1 Å². The van der Waals surface area contributed by atoms with Crippen LogP contribution in [0.1, 0.15) is 22.3 Å². The lowest BCUT2D eigenvalue weighted by molar-refractivity contribution is -0.323. The Morgan fingerprint density at radius 3 is 1.02 bits per heavy atom. The van der Waals surface area contributed by atoms with E-state index in [0.717, 1.165) is 36.4 Å². The number of amides is 4. The van der Waals surface area contributed by atoms with Crippen molar-refractivity contribution in [3.8, 4) is 23.0 Å². The molecule has 296 valence electrons. The van der Waals surface area contributed by atoms with Gasteiger partial charge in [-0.1, -0.05) is 36.4 Å². The molecule has 4 amide bonds. The maximum Gasteiger partial charge on any atom is 0.457 e. The summed E-state index contributed by atoms with van der Waals surface area (Å²) in [4.78, 5) is 48.9. The van der Waals surface area contributed by atoms with Crippen molar-refractivity contribution < 1.29 is 81.3 Å². The molecule has 6 rings (SSSR count). The molecule has 20 heteroatoms. The van der Waals surface area contributed by atoms with Gasteiger partial charge in [0, 0.05) is 35.4 Å². The second-order valence-electron chi connectivity index (χ2n) is 12.0. The lowest BCUT2D eigenvalue weighted by Gasteiger charge is -2.35. The molecular formula is C37H18F12N2O6. The number of anilines is 2. The Kier molecular flexibility index (Phi) is 9.74. The molecule has 0 atom stereocenters. The van der Waals surface area contributed by atoms with Gasteiger partial charge in [0.1, 0.15) is 34.1 Å². The van der Waals surface area contributed by atoms with Gasteiger partial charge in [-0.2, -0.15) is 48.3 Å². The molecule has 2 aliphatic rings. The minimum atomic E-state index is -6.57. The van der Waals surface area contributed by atoms with Crippen LogP contribution >= 0.6 is 0 Å². The van der Waals surface area contributed by atoms with Gasteiger partial charge in [-0.05, 0) is 48.5 Å². The zero-order valence-electron chi connectivity index (χ0n) is 27.8. The molecule has 0 spiro atoms. The van der Waals surface area contributed by atoms with Crippen molar-refractivity contribution in [2.75, 3.05) is 9.80 Å². The highest BCUT2D eigenvalue weighted by Crippen LogP contribution is 2.55. The number of ether oxygens (including phenoxy) is 2. The molecule has 4 aromatic rings. The average Bonchev–Trinajstić information content (AvgIpc) is 3.64. The third-order valence-electron chi connectivity index (χ3n) is 8.42. The molecular weight excluding hydrogens is 796 g/mol. The monoisotopic (exact) mass is 814 g/mol. The quantitative estimate of drug-likeness (QED) is 0.124. The smallest absolute Gasteiger partial charge is 0.457 e. The number of halogens is 12. The van der Waals surface area contributed by atoms with Crippen LogP contribution in [0.2, 0.25) is 0 Å². The Labute approximate surface area is 310 Å². The summed E-state index contributed by atoms with van der Waals surface area (Å²) in [5.41, 5.74) is -12.8. The van der Waals surface area contributed by atoms with Crippen molar-refractivity contribution in [2.24, 2.45) is 0 Å². The van der Waals surface area contributed by atoms with Crippen molar-refractivity contribution in [1.29, 1.82) is 0 Å². The van der Waals surface area contributed by atoms with Gasteiger partial charge in [0.25, 0.3) is 23.6 Å². The normalized spacial score (nSPS) is 15.3. The minimum absolute atomic E-state index is 0.189. The van der Waals surface area contributed by atoms with Gasteiger partial charge in [-0.25, -0.2) is 14.2 Å². The fourth-order valence-corrected chi connectivity index (χ4v) is 5.91. The van der Waals surface area contributed by atoms with E-state index in [1.165, 1.54) is 0 Å². The van der Waals surface area contributed by atoms with Crippen LogP contribution in [-0.4, -0.2) is 35.7 Å². The fraction of sp³-hybridized carbons (Fsp3) is 0.135. The number of carbonyl (C=O) groups excluding carboxylic acids is 4. The van der Waals surface area contributed by atoms with E-state index in [1.54, 1.807) is 0 Å². The standard InChI is InChI=1S/C37H18F12N2O6/c38-33(36(45,46)37(47,48)49,19-7-11-21(12-8-19)56-25-5-1-3-23(31(25)34(39,40)41)50-27(52)15-16-28(50)53)20-9-13-22(14-10-20)57-26-6-2-4-24(32(26)35(42,43)44)51-29(54)17-18-30(51)55/h1-18H. The van der Waals surface area contributed by atoms with E-state index in [1.807, 2.05) is 0 Å². The number of rotatable bonds is 9. The van der Waals surface area contributed by atoms with Gasteiger partial charge in [0.15, 0.2) is 0 Å². The topological polar surface area (TPSA) is 93.2 Å². The molecule has 0 unspecified atom stereocenters. The predicted molar refractivity (Wildman–Crippen MR) is 172 cm³/mol. The molecule has 57 heavy (non-hydrogen) atoms. The van der Waals surface area contributed by atoms with E-state index in [2.05, 4.69) is 0 Å². The Balaban J connectivity index is 1.35. The summed E-state index contributed by atoms with van der Waals surface area (Å²) >= 11 is 0. The number of carbonyl (C=O) groups is 4. The van der Waals surface area contributed by atoms with E-state index < -0.39 is 110 Å². The van der Waals surface area contributed by atoms with Gasteiger partial charge in [0.2, 0.25) is 5.67 Å². The van der Waals surface area contributed by atoms with Crippen molar-refractivity contribution in [3.63, 3.8) is 0 Å². The number of benzene rings is 4. The zero-order chi connectivity index (χ0) is 41.9. The molecule has 4 aromatic carbocycles. The highest BCUT2D eigenvalue weighted by molar-refractivity contribution is 6.29. The Morgan fingerprint density at radius 2 is 0.737 bits per heavy atom. The number of hydrogen-bond donors (Lipinski definition) is 0. The summed E-state index contributed by atoms with van der Waals surface area (Å²) in [7, 11) is 0. The second-order valence-corrected chi connectivity index (χ2v) is 12.0. The molecule has 0 N–H and O–H groups in total. The SMILES string of the molecule is O=C1C=CC(=O)N1c1cccc(Oc2ccc(C(F)(c3ccc(Oc4cccc(N5C(=O)C=CC5=O)c4C(F)(F)F)cc3)C(F)(F)C(F)(F)F)cc2)c1C(F)(F)F. The fourth-order valence-electron chi connectivity index (χ4n) is 5.91. The maximum atomic E-state index is 16.7. The van der Waals surface area contributed by atoms with Crippen molar-refractivity contribution >= 4 is 35.0 Å². The molecule has 0 radical (unpaired) electrons. The predicted octanol–water partition coefficient (Wildman–Crippen LogP) is 9.58. The summed E-state index contributed by atoms with van der Waals surface area (Å²) in [6.45, 7) is 0. The summed E-state index contributed by atoms with van der Waals surface area (Å²) in [5, 5.41) is 0. The summed E-state index contributed by atoms with van der Waals surface area (Å²) in [6, 6.07) is 8.62. The van der Waals surface area contributed by atoms with E-state index in [-0.39, 0.29) is 9.80 Å². The molecule has 8 nitrogen and oxygen atoms in total. The molecule has 0 saturated heterocycles. The number of alkyl halides is 12. The summed E-state index contributed by atoms with van der Waals surface area (Å²) in [5.74, 6) is -14.1. The summed E-state index contributed by atoms with van der Waals surface area (Å²) in [6.07, 6.45) is -14.3. The lowest BCUT2D eigenvalue weighted by Crippen LogP contribution is -2.53. The first-order chi connectivity index (χ1) is 26.5. The van der Waals surface area contributed by atoms with Gasteiger partial charge in [0.05, 0.1) is 11.4 Å². The Bertz CT molecular complexity index is 2160. The maximum absolute atomic E-state index is 16.7. The van der Waals surface area contributed by atoms with Crippen LogP contribution in [0.15, 0.2) is 109 Å². The first-order valence-electron chi connectivity index (χ1n) is 15.7. The minimum Gasteiger partial charge on any atom is -0.457 e. The summed E-state index contributed by atoms with van der Waals surface area (Å²) < 4.78 is 184. The van der Waals surface area contributed by atoms with Gasteiger partial charge in [-0.15, -0.1) is 0 Å². The largest absolute Gasteiger partial charge is 0.457 e. The van der Waals surface area contributed by atoms with Crippen LogP contribution in [0.5, 0.6) is 23.0 Å². The average molecular weight is 815 g/mol. The zero-order valence-corrected chi connectivity index (χ0v) is 27.8. The Hall–Kier alpha value is -6.60. The molecule has 2 aliphatic heterocycles. The van der Waals surface area contributed by atoms with Crippen LogP contribution in [0.4, 0.5) is 64.1 Å². The van der Waals surface area contributed by atoms with Crippen molar-refractivity contribution in [1.82, 2.24) is 0 Å². The van der Waals surface area contributed by atoms with E-state index in [9.17, 15) is 58.7 Å². The third-order valence-corrected chi connectivity index (χ3v) is 8.42. The van der Waals surface area contributed by atoms with Gasteiger partial charge >= 0.3 is 24.5 Å². The number of imide groups is 2. The number of nitrogens with zero attached hydrogens (tertiary/aromatic N) is 2. The number of hydrogen-bond acceptors (Lipinski definition) is 6. The highest BCUT2D eigenvalue weighted by atomic mass is 19.4. The van der Waals surface area contributed by atoms with Crippen LogP contribution in [0.25, 0.3) is 0 Å². The van der Waals surface area contributed by atoms with Gasteiger partial charge < -0.3 is 9.47 Å². The molecule has 0 bridgehead atoms. The molecule has 0 aromatic heterocycles. The Morgan fingerprint density at radius 1 is 0.421 bits per heavy atom. The van der Waals surface area contributed by atoms with Crippen LogP contribution < -0.4 is 19.3 Å². The van der Waals surface area contributed by atoms with Crippen LogP contribution in [-0.2, 0) is 37.2 Å². The van der Waals surface area contributed by atoms with Crippen molar-refractivity contribution in [3.05, 3.63) is 131 Å². The van der Waals surface area contributed by atoms with Crippen LogP contribution in [0.3, 0.4) is 0 Å². The molecule has 2 heterocycles. The van der Waals surface area contributed by atoms with Crippen LogP contribution in [0, 0.1) is 0 Å². The lowest BCUT2D eigenvalue weighted by atomic mass is 9.82. The third kappa shape index (κ3) is 7.06. The second kappa shape index (κ2) is 13.9. The first-order valence-corrected chi connectivity index (χ1v) is 15.7. The van der Waals surface area contributed by atoms with Gasteiger partial charge in [-0.3, -0.25) is 19.2 Å². The van der Waals surface area contributed by atoms with E-state index in [4.69, 9.17) is 9.47 Å².